The molecule has 0 aliphatic heterocycles. The Hall–Kier alpha value is -3.19. The summed E-state index contributed by atoms with van der Waals surface area (Å²) in [6, 6.07) is 16.4. The number of aromatic nitrogens is 3. The van der Waals surface area contributed by atoms with Crippen molar-refractivity contribution in [1.82, 2.24) is 14.4 Å². The summed E-state index contributed by atoms with van der Waals surface area (Å²) in [5.41, 5.74) is 3.01. The van der Waals surface area contributed by atoms with Gasteiger partial charge in [-0.3, -0.25) is 14.7 Å². The van der Waals surface area contributed by atoms with Crippen molar-refractivity contribution >= 4 is 39.1 Å². The molecule has 1 aromatic carbocycles. The van der Waals surface area contributed by atoms with Crippen molar-refractivity contribution in [3.63, 3.8) is 0 Å². The number of hydrogen-bond acceptors (Lipinski definition) is 3. The topological polar surface area (TPSA) is 71.3 Å². The first-order valence-electron chi connectivity index (χ1n) is 7.92. The number of rotatable bonds is 3. The number of carbonyl (C=O) groups is 1. The van der Waals surface area contributed by atoms with Crippen LogP contribution in [-0.4, -0.2) is 20.4 Å². The minimum absolute atomic E-state index is 0.340. The molecule has 0 aliphatic carbocycles. The van der Waals surface area contributed by atoms with E-state index in [1.54, 1.807) is 12.4 Å². The van der Waals surface area contributed by atoms with E-state index in [0.29, 0.717) is 17.2 Å². The molecule has 2 amide bonds. The third-order valence-corrected chi connectivity index (χ3v) is 4.35. The number of halogens is 1. The van der Waals surface area contributed by atoms with E-state index in [-0.39, 0.29) is 6.03 Å². The van der Waals surface area contributed by atoms with Gasteiger partial charge in [0.1, 0.15) is 17.2 Å². The number of amides is 2. The van der Waals surface area contributed by atoms with E-state index >= 15 is 0 Å². The van der Waals surface area contributed by atoms with Crippen LogP contribution >= 0.6 is 15.9 Å². The van der Waals surface area contributed by atoms with Gasteiger partial charge in [-0.25, -0.2) is 9.78 Å². The number of imidazole rings is 1. The molecule has 7 heteroatoms. The molecule has 0 atom stereocenters. The molecule has 0 unspecified atom stereocenters. The fourth-order valence-corrected chi connectivity index (χ4v) is 2.89. The molecular formula is C19H14BrN5O. The number of nitrogens with zero attached hydrogens (tertiary/aromatic N) is 3. The van der Waals surface area contributed by atoms with Crippen LogP contribution in [0.5, 0.6) is 0 Å². The van der Waals surface area contributed by atoms with Gasteiger partial charge < -0.3 is 5.32 Å². The van der Waals surface area contributed by atoms with E-state index in [9.17, 15) is 4.79 Å². The van der Waals surface area contributed by atoms with Crippen molar-refractivity contribution in [2.45, 2.75) is 0 Å². The molecule has 4 aromatic rings. The molecule has 6 nitrogen and oxygen atoms in total. The maximum atomic E-state index is 12.5. The number of fused-ring (bicyclic) bond motifs is 1. The molecule has 0 fully saturated rings. The Bertz CT molecular complexity index is 1060. The van der Waals surface area contributed by atoms with Crippen LogP contribution in [0.25, 0.3) is 16.9 Å². The van der Waals surface area contributed by atoms with Crippen LogP contribution in [-0.2, 0) is 0 Å². The summed E-state index contributed by atoms with van der Waals surface area (Å²) in [6.45, 7) is 0. The molecular weight excluding hydrogens is 394 g/mol. The first-order chi connectivity index (χ1) is 12.7. The van der Waals surface area contributed by atoms with Crippen molar-refractivity contribution in [3.05, 3.63) is 77.7 Å². The van der Waals surface area contributed by atoms with Gasteiger partial charge in [-0.2, -0.15) is 0 Å². The van der Waals surface area contributed by atoms with E-state index in [1.165, 1.54) is 0 Å². The van der Waals surface area contributed by atoms with Crippen LogP contribution in [0.15, 0.2) is 77.7 Å². The van der Waals surface area contributed by atoms with Crippen molar-refractivity contribution in [3.8, 4) is 11.3 Å². The lowest BCUT2D eigenvalue weighted by Crippen LogP contribution is -2.20. The smallest absolute Gasteiger partial charge is 0.308 e. The molecule has 3 heterocycles. The first kappa shape index (κ1) is 16.3. The Morgan fingerprint density at radius 2 is 1.73 bits per heavy atom. The summed E-state index contributed by atoms with van der Waals surface area (Å²) in [4.78, 5) is 21.2. The standard InChI is InChI=1S/C19H14BrN5O/c20-14-4-6-15(7-5-14)22-19(26)24-18-17(13-8-10-21-11-9-13)23-16-3-1-2-12-25(16)18/h1-12H,(H2,22,24,26). The predicted octanol–water partition coefficient (Wildman–Crippen LogP) is 4.80. The summed E-state index contributed by atoms with van der Waals surface area (Å²) in [7, 11) is 0. The molecule has 0 saturated heterocycles. The molecule has 0 radical (unpaired) electrons. The summed E-state index contributed by atoms with van der Waals surface area (Å²) in [6.07, 6.45) is 5.26. The average molecular weight is 408 g/mol. The number of urea groups is 1. The van der Waals surface area contributed by atoms with Gasteiger partial charge in [-0.1, -0.05) is 22.0 Å². The summed E-state index contributed by atoms with van der Waals surface area (Å²) in [5, 5.41) is 5.74. The van der Waals surface area contributed by atoms with Crippen molar-refractivity contribution in [2.75, 3.05) is 10.6 Å². The third-order valence-electron chi connectivity index (χ3n) is 3.82. The second kappa shape index (κ2) is 6.97. The quantitative estimate of drug-likeness (QED) is 0.512. The van der Waals surface area contributed by atoms with Gasteiger partial charge in [0.05, 0.1) is 0 Å². The van der Waals surface area contributed by atoms with Crippen LogP contribution in [0, 0.1) is 0 Å². The Balaban J connectivity index is 1.68. The Labute approximate surface area is 158 Å². The SMILES string of the molecule is O=C(Nc1ccc(Br)cc1)Nc1c(-c2ccncc2)nc2ccccn12. The predicted molar refractivity (Wildman–Crippen MR) is 105 cm³/mol. The molecule has 0 bridgehead atoms. The van der Waals surface area contributed by atoms with Crippen molar-refractivity contribution < 1.29 is 4.79 Å². The van der Waals surface area contributed by atoms with Gasteiger partial charge in [0.2, 0.25) is 0 Å². The summed E-state index contributed by atoms with van der Waals surface area (Å²) < 4.78 is 2.79. The maximum absolute atomic E-state index is 12.5. The zero-order valence-electron chi connectivity index (χ0n) is 13.6. The molecule has 0 aliphatic rings. The Morgan fingerprint density at radius 3 is 2.50 bits per heavy atom. The van der Waals surface area contributed by atoms with E-state index in [4.69, 9.17) is 0 Å². The van der Waals surface area contributed by atoms with Gasteiger partial charge >= 0.3 is 6.03 Å². The van der Waals surface area contributed by atoms with Crippen LogP contribution in [0.3, 0.4) is 0 Å². The van der Waals surface area contributed by atoms with Gasteiger partial charge in [-0.05, 0) is 48.5 Å². The van der Waals surface area contributed by atoms with E-state index in [0.717, 1.165) is 15.7 Å². The number of hydrogen-bond donors (Lipinski definition) is 2. The van der Waals surface area contributed by atoms with Gasteiger partial charge in [0.15, 0.2) is 0 Å². The zero-order chi connectivity index (χ0) is 17.9. The largest absolute Gasteiger partial charge is 0.324 e. The highest BCUT2D eigenvalue weighted by atomic mass is 79.9. The van der Waals surface area contributed by atoms with E-state index < -0.39 is 0 Å². The highest BCUT2D eigenvalue weighted by Gasteiger charge is 2.16. The highest BCUT2D eigenvalue weighted by molar-refractivity contribution is 9.10. The fourth-order valence-electron chi connectivity index (χ4n) is 2.63. The molecule has 128 valence electrons. The fraction of sp³-hybridized carbons (Fsp3) is 0. The minimum atomic E-state index is -0.340. The lowest BCUT2D eigenvalue weighted by atomic mass is 10.2. The monoisotopic (exact) mass is 407 g/mol. The van der Waals surface area contributed by atoms with Crippen LogP contribution in [0.2, 0.25) is 0 Å². The van der Waals surface area contributed by atoms with Crippen LogP contribution < -0.4 is 10.6 Å². The summed E-state index contributed by atoms with van der Waals surface area (Å²) >= 11 is 3.38. The first-order valence-corrected chi connectivity index (χ1v) is 8.71. The second-order valence-corrected chi connectivity index (χ2v) is 6.48. The molecule has 0 spiro atoms. The molecule has 3 aromatic heterocycles. The molecule has 4 rings (SSSR count). The van der Waals surface area contributed by atoms with Crippen LogP contribution in [0.4, 0.5) is 16.3 Å². The average Bonchev–Trinajstić information content (AvgIpc) is 3.03. The van der Waals surface area contributed by atoms with Crippen LogP contribution in [0.1, 0.15) is 0 Å². The number of carbonyl (C=O) groups excluding carboxylic acids is 1. The Kier molecular flexibility index (Phi) is 4.37. The van der Waals surface area contributed by atoms with Crippen molar-refractivity contribution in [1.29, 1.82) is 0 Å². The van der Waals surface area contributed by atoms with Gasteiger partial charge in [0.25, 0.3) is 0 Å². The minimum Gasteiger partial charge on any atom is -0.308 e. The van der Waals surface area contributed by atoms with Gasteiger partial charge in [0, 0.05) is 34.3 Å². The highest BCUT2D eigenvalue weighted by Crippen LogP contribution is 2.28. The molecule has 26 heavy (non-hydrogen) atoms. The number of pyridine rings is 2. The zero-order valence-corrected chi connectivity index (χ0v) is 15.1. The van der Waals surface area contributed by atoms with Gasteiger partial charge in [-0.15, -0.1) is 0 Å². The second-order valence-electron chi connectivity index (χ2n) is 5.56. The lowest BCUT2D eigenvalue weighted by molar-refractivity contribution is 0.262. The lowest BCUT2D eigenvalue weighted by Gasteiger charge is -2.09. The molecule has 0 saturated carbocycles. The van der Waals surface area contributed by atoms with E-state index in [2.05, 4.69) is 36.5 Å². The number of nitrogens with one attached hydrogen (secondary N) is 2. The normalized spacial score (nSPS) is 10.7. The summed E-state index contributed by atoms with van der Waals surface area (Å²) in [5.74, 6) is 0.599. The van der Waals surface area contributed by atoms with E-state index in [1.807, 2.05) is 65.2 Å². The maximum Gasteiger partial charge on any atom is 0.324 e. The third kappa shape index (κ3) is 3.29. The van der Waals surface area contributed by atoms with Crippen molar-refractivity contribution in [2.24, 2.45) is 0 Å². The Morgan fingerprint density at radius 1 is 0.962 bits per heavy atom. The molecule has 2 N–H and O–H groups in total. The number of benzene rings is 1. The number of anilines is 2.